The maximum absolute atomic E-state index is 11.8. The number of aryl methyl sites for hydroxylation is 1. The number of nitrogen functional groups attached to an aromatic ring is 1. The van der Waals surface area contributed by atoms with E-state index in [1.165, 1.54) is 0 Å². The minimum absolute atomic E-state index is 0.0279. The number of hydrogen-bond donors (Lipinski definition) is 1. The highest BCUT2D eigenvalue weighted by Gasteiger charge is 2.13. The standard InChI is InChI=1S/C13H19NO4S/c1-3-19(16,17)9-5-8-18-13(15)11-7-4-6-10(2)12(11)14/h4,6-7H,3,5,8-9,14H2,1-2H3. The third kappa shape index (κ3) is 4.55. The molecule has 5 nitrogen and oxygen atoms in total. The third-order valence-electron chi connectivity index (χ3n) is 2.82. The first-order valence-corrected chi connectivity index (χ1v) is 7.92. The summed E-state index contributed by atoms with van der Waals surface area (Å²) in [6.07, 6.45) is 0.299. The number of rotatable bonds is 6. The van der Waals surface area contributed by atoms with Gasteiger partial charge in [-0.15, -0.1) is 0 Å². The molecule has 1 rings (SSSR count). The van der Waals surface area contributed by atoms with Crippen molar-refractivity contribution < 1.29 is 17.9 Å². The number of sulfone groups is 1. The van der Waals surface area contributed by atoms with Crippen molar-refractivity contribution in [2.75, 3.05) is 23.8 Å². The molecule has 6 heteroatoms. The molecule has 19 heavy (non-hydrogen) atoms. The second-order valence-electron chi connectivity index (χ2n) is 4.26. The van der Waals surface area contributed by atoms with Gasteiger partial charge in [0.15, 0.2) is 0 Å². The summed E-state index contributed by atoms with van der Waals surface area (Å²) >= 11 is 0. The van der Waals surface area contributed by atoms with Gasteiger partial charge < -0.3 is 10.5 Å². The number of benzene rings is 1. The lowest BCUT2D eigenvalue weighted by atomic mass is 10.1. The topological polar surface area (TPSA) is 86.5 Å². The van der Waals surface area contributed by atoms with Gasteiger partial charge in [0.1, 0.15) is 9.84 Å². The zero-order chi connectivity index (χ0) is 14.5. The lowest BCUT2D eigenvalue weighted by molar-refractivity contribution is 0.0507. The number of nitrogens with two attached hydrogens (primary N) is 1. The van der Waals surface area contributed by atoms with Crippen molar-refractivity contribution in [3.63, 3.8) is 0 Å². The van der Waals surface area contributed by atoms with Crippen molar-refractivity contribution in [2.24, 2.45) is 0 Å². The molecule has 2 N–H and O–H groups in total. The van der Waals surface area contributed by atoms with Crippen LogP contribution >= 0.6 is 0 Å². The van der Waals surface area contributed by atoms with E-state index in [0.29, 0.717) is 17.7 Å². The van der Waals surface area contributed by atoms with Crippen molar-refractivity contribution in [3.05, 3.63) is 29.3 Å². The number of hydrogen-bond acceptors (Lipinski definition) is 5. The summed E-state index contributed by atoms with van der Waals surface area (Å²) < 4.78 is 27.5. The molecule has 0 unspecified atom stereocenters. The van der Waals surface area contributed by atoms with Crippen LogP contribution in [0, 0.1) is 6.92 Å². The Bertz CT molecular complexity index is 552. The van der Waals surface area contributed by atoms with Crippen LogP contribution in [-0.4, -0.2) is 32.5 Å². The first-order chi connectivity index (χ1) is 8.87. The van der Waals surface area contributed by atoms with Crippen molar-refractivity contribution in [3.8, 4) is 0 Å². The fourth-order valence-electron chi connectivity index (χ4n) is 1.52. The van der Waals surface area contributed by atoms with Gasteiger partial charge in [0.2, 0.25) is 0 Å². The van der Waals surface area contributed by atoms with Crippen LogP contribution < -0.4 is 5.73 Å². The van der Waals surface area contributed by atoms with Crippen LogP contribution in [0.3, 0.4) is 0 Å². The Morgan fingerprint density at radius 1 is 1.37 bits per heavy atom. The Kier molecular flexibility index (Phi) is 5.35. The molecule has 0 fully saturated rings. The molecular formula is C13H19NO4S. The second kappa shape index (κ2) is 6.56. The highest BCUT2D eigenvalue weighted by molar-refractivity contribution is 7.91. The Morgan fingerprint density at radius 3 is 2.68 bits per heavy atom. The summed E-state index contributed by atoms with van der Waals surface area (Å²) in [6.45, 7) is 3.47. The maximum Gasteiger partial charge on any atom is 0.340 e. The van der Waals surface area contributed by atoms with Crippen molar-refractivity contribution in [1.29, 1.82) is 0 Å². The number of carbonyl (C=O) groups is 1. The molecule has 0 aliphatic heterocycles. The average molecular weight is 285 g/mol. The largest absolute Gasteiger partial charge is 0.462 e. The summed E-state index contributed by atoms with van der Waals surface area (Å²) in [5.74, 6) is -0.388. The molecule has 0 aliphatic rings. The lowest BCUT2D eigenvalue weighted by Gasteiger charge is -2.08. The van der Waals surface area contributed by atoms with Gasteiger partial charge in [0, 0.05) is 11.4 Å². The van der Waals surface area contributed by atoms with Crippen LogP contribution in [0.5, 0.6) is 0 Å². The van der Waals surface area contributed by atoms with E-state index in [9.17, 15) is 13.2 Å². The molecule has 0 saturated heterocycles. The SMILES string of the molecule is CCS(=O)(=O)CCCOC(=O)c1cccc(C)c1N. The minimum Gasteiger partial charge on any atom is -0.462 e. The van der Waals surface area contributed by atoms with Crippen LogP contribution in [0.25, 0.3) is 0 Å². The normalized spacial score (nSPS) is 11.3. The Balaban J connectivity index is 2.51. The molecule has 1 aromatic rings. The van der Waals surface area contributed by atoms with Gasteiger partial charge in [-0.25, -0.2) is 13.2 Å². The molecule has 0 radical (unpaired) electrons. The minimum atomic E-state index is -3.01. The fourth-order valence-corrected chi connectivity index (χ4v) is 2.37. The molecule has 0 saturated carbocycles. The highest BCUT2D eigenvalue weighted by Crippen LogP contribution is 2.17. The Morgan fingerprint density at radius 2 is 2.05 bits per heavy atom. The molecule has 106 valence electrons. The maximum atomic E-state index is 11.8. The van der Waals surface area contributed by atoms with Gasteiger partial charge in [0.25, 0.3) is 0 Å². The summed E-state index contributed by atoms with van der Waals surface area (Å²) in [5, 5.41) is 0. The second-order valence-corrected chi connectivity index (χ2v) is 6.73. The smallest absolute Gasteiger partial charge is 0.340 e. The molecule has 0 aliphatic carbocycles. The van der Waals surface area contributed by atoms with E-state index in [1.54, 1.807) is 32.0 Å². The van der Waals surface area contributed by atoms with E-state index in [4.69, 9.17) is 10.5 Å². The molecule has 1 aromatic carbocycles. The summed E-state index contributed by atoms with van der Waals surface area (Å²) in [7, 11) is -3.01. The molecule has 0 atom stereocenters. The van der Waals surface area contributed by atoms with E-state index in [1.807, 2.05) is 0 Å². The van der Waals surface area contributed by atoms with Gasteiger partial charge in [-0.1, -0.05) is 19.1 Å². The van der Waals surface area contributed by atoms with Gasteiger partial charge in [0.05, 0.1) is 17.9 Å². The van der Waals surface area contributed by atoms with E-state index < -0.39 is 15.8 Å². The third-order valence-corrected chi connectivity index (χ3v) is 4.61. The first kappa shape index (κ1) is 15.5. The predicted molar refractivity (Wildman–Crippen MR) is 74.8 cm³/mol. The van der Waals surface area contributed by atoms with Crippen LogP contribution in [0.15, 0.2) is 18.2 Å². The predicted octanol–water partition coefficient (Wildman–Crippen LogP) is 1.56. The zero-order valence-corrected chi connectivity index (χ0v) is 12.0. The fraction of sp³-hybridized carbons (Fsp3) is 0.462. The van der Waals surface area contributed by atoms with Crippen LogP contribution in [0.4, 0.5) is 5.69 Å². The van der Waals surface area contributed by atoms with Crippen molar-refractivity contribution in [1.82, 2.24) is 0 Å². The summed E-state index contributed by atoms with van der Waals surface area (Å²) in [4.78, 5) is 11.8. The van der Waals surface area contributed by atoms with Crippen molar-refractivity contribution in [2.45, 2.75) is 20.3 Å². The van der Waals surface area contributed by atoms with Gasteiger partial charge >= 0.3 is 5.97 Å². The lowest BCUT2D eigenvalue weighted by Crippen LogP contribution is -2.14. The van der Waals surface area contributed by atoms with E-state index in [-0.39, 0.29) is 18.1 Å². The highest BCUT2D eigenvalue weighted by atomic mass is 32.2. The van der Waals surface area contributed by atoms with Crippen LogP contribution in [0.2, 0.25) is 0 Å². The molecular weight excluding hydrogens is 266 g/mol. The van der Waals surface area contributed by atoms with Gasteiger partial charge in [-0.3, -0.25) is 0 Å². The number of ether oxygens (including phenoxy) is 1. The molecule has 0 aromatic heterocycles. The molecule has 0 heterocycles. The monoisotopic (exact) mass is 285 g/mol. The van der Waals surface area contributed by atoms with E-state index in [0.717, 1.165) is 5.56 Å². The summed E-state index contributed by atoms with van der Waals surface area (Å²) in [5.41, 5.74) is 7.30. The number of esters is 1. The van der Waals surface area contributed by atoms with Crippen molar-refractivity contribution >= 4 is 21.5 Å². The van der Waals surface area contributed by atoms with Gasteiger partial charge in [-0.05, 0) is 25.0 Å². The van der Waals surface area contributed by atoms with E-state index >= 15 is 0 Å². The zero-order valence-electron chi connectivity index (χ0n) is 11.2. The Hall–Kier alpha value is -1.56. The first-order valence-electron chi connectivity index (χ1n) is 6.10. The van der Waals surface area contributed by atoms with E-state index in [2.05, 4.69) is 0 Å². The quantitative estimate of drug-likeness (QED) is 0.487. The van der Waals surface area contributed by atoms with Gasteiger partial charge in [-0.2, -0.15) is 0 Å². The van der Waals surface area contributed by atoms with Crippen LogP contribution in [-0.2, 0) is 14.6 Å². The Labute approximate surface area is 113 Å². The molecule has 0 spiro atoms. The number of carbonyl (C=O) groups excluding carboxylic acids is 1. The number of anilines is 1. The van der Waals surface area contributed by atoms with Crippen LogP contribution in [0.1, 0.15) is 29.3 Å². The average Bonchev–Trinajstić information content (AvgIpc) is 2.37. The summed E-state index contributed by atoms with van der Waals surface area (Å²) in [6, 6.07) is 5.12. The number of para-hydroxylation sites is 1. The molecule has 0 bridgehead atoms. The molecule has 0 amide bonds.